The van der Waals surface area contributed by atoms with Crippen molar-refractivity contribution >= 4 is 39.3 Å². The van der Waals surface area contributed by atoms with Crippen LogP contribution in [0, 0.1) is 25.5 Å². The van der Waals surface area contributed by atoms with Crippen molar-refractivity contribution < 1.29 is 33.3 Å². The number of halogens is 2. The highest BCUT2D eigenvalue weighted by atomic mass is 32.1. The van der Waals surface area contributed by atoms with Crippen LogP contribution in [0.3, 0.4) is 0 Å². The lowest BCUT2D eigenvalue weighted by Crippen LogP contribution is -2.06. The van der Waals surface area contributed by atoms with E-state index in [0.29, 0.717) is 26.8 Å². The number of carboxylic acid groups (broad SMARTS) is 1. The second-order valence-electron chi connectivity index (χ2n) is 7.64. The maximum Gasteiger partial charge on any atom is 0.328 e. The minimum Gasteiger partial charge on any atom is -0.508 e. The summed E-state index contributed by atoms with van der Waals surface area (Å²) in [5.41, 5.74) is 1.33. The molecule has 34 heavy (non-hydrogen) atoms. The van der Waals surface area contributed by atoms with Gasteiger partial charge in [-0.15, -0.1) is 11.3 Å². The van der Waals surface area contributed by atoms with Crippen molar-refractivity contribution in [1.29, 1.82) is 0 Å². The maximum absolute atomic E-state index is 14.5. The molecule has 8 heteroatoms. The Morgan fingerprint density at radius 3 is 2.35 bits per heavy atom. The number of carbonyl (C=O) groups excluding carboxylic acids is 1. The molecule has 1 aromatic heterocycles. The van der Waals surface area contributed by atoms with Crippen molar-refractivity contribution in [3.05, 3.63) is 93.4 Å². The van der Waals surface area contributed by atoms with E-state index in [0.717, 1.165) is 29.6 Å². The highest BCUT2D eigenvalue weighted by Crippen LogP contribution is 2.43. The van der Waals surface area contributed by atoms with E-state index in [2.05, 4.69) is 0 Å². The van der Waals surface area contributed by atoms with Gasteiger partial charge >= 0.3 is 5.97 Å². The summed E-state index contributed by atoms with van der Waals surface area (Å²) in [6.07, 6.45) is 1.95. The molecule has 0 aliphatic carbocycles. The number of ether oxygens (including phenoxy) is 1. The third-order valence-electron chi connectivity index (χ3n) is 5.16. The summed E-state index contributed by atoms with van der Waals surface area (Å²) in [4.78, 5) is 24.5. The molecule has 0 saturated carbocycles. The molecule has 1 heterocycles. The molecular weight excluding hydrogens is 462 g/mol. The molecule has 2 N–H and O–H groups in total. The number of fused-ring (bicyclic) bond motifs is 1. The summed E-state index contributed by atoms with van der Waals surface area (Å²) in [6, 6.07) is 11.0. The fraction of sp³-hybridized carbons (Fsp3) is 0.0769. The number of ketones is 1. The summed E-state index contributed by atoms with van der Waals surface area (Å²) < 4.78 is 34.8. The number of hydrogen-bond acceptors (Lipinski definition) is 5. The lowest BCUT2D eigenvalue weighted by molar-refractivity contribution is -0.131. The Kier molecular flexibility index (Phi) is 6.17. The topological polar surface area (TPSA) is 83.8 Å². The van der Waals surface area contributed by atoms with Gasteiger partial charge in [-0.1, -0.05) is 0 Å². The summed E-state index contributed by atoms with van der Waals surface area (Å²) in [7, 11) is 0. The highest BCUT2D eigenvalue weighted by Gasteiger charge is 2.25. The first-order chi connectivity index (χ1) is 16.1. The van der Waals surface area contributed by atoms with E-state index in [1.54, 1.807) is 19.9 Å². The van der Waals surface area contributed by atoms with Gasteiger partial charge in [-0.3, -0.25) is 4.79 Å². The maximum atomic E-state index is 14.5. The number of thiophene rings is 1. The normalized spacial score (nSPS) is 11.3. The van der Waals surface area contributed by atoms with Crippen molar-refractivity contribution in [2.45, 2.75) is 13.8 Å². The lowest BCUT2D eigenvalue weighted by Gasteiger charge is -2.11. The smallest absolute Gasteiger partial charge is 0.328 e. The van der Waals surface area contributed by atoms with Gasteiger partial charge in [0.1, 0.15) is 28.0 Å². The number of phenols is 1. The molecule has 0 aliphatic heterocycles. The zero-order valence-corrected chi connectivity index (χ0v) is 18.9. The zero-order valence-electron chi connectivity index (χ0n) is 18.1. The van der Waals surface area contributed by atoms with E-state index >= 15 is 0 Å². The molecule has 0 unspecified atom stereocenters. The van der Waals surface area contributed by atoms with Gasteiger partial charge in [0.05, 0.1) is 0 Å². The van der Waals surface area contributed by atoms with Crippen molar-refractivity contribution in [1.82, 2.24) is 0 Å². The fourth-order valence-electron chi connectivity index (χ4n) is 3.68. The van der Waals surface area contributed by atoms with E-state index < -0.39 is 17.6 Å². The zero-order chi connectivity index (χ0) is 24.6. The fourth-order valence-corrected chi connectivity index (χ4v) is 4.79. The first kappa shape index (κ1) is 23.1. The van der Waals surface area contributed by atoms with Crippen LogP contribution < -0.4 is 4.74 Å². The number of rotatable bonds is 6. The molecule has 0 saturated heterocycles. The van der Waals surface area contributed by atoms with Gasteiger partial charge in [0.25, 0.3) is 0 Å². The Hall–Kier alpha value is -4.04. The van der Waals surface area contributed by atoms with Gasteiger partial charge in [-0.2, -0.15) is 0 Å². The minimum atomic E-state index is -1.21. The van der Waals surface area contributed by atoms with Gasteiger partial charge in [-0.25, -0.2) is 13.6 Å². The standard InChI is InChI=1S/C26H18F2O5S/c1-13-9-16(27)10-14(2)23(13)24(32)26-25(19-7-5-17(29)11-21(19)34-26)33-18-6-3-15(20(28)12-18)4-8-22(30)31/h3-12,29H,1-2H3,(H,30,31)/b8-4+. The molecule has 0 radical (unpaired) electrons. The lowest BCUT2D eigenvalue weighted by atomic mass is 9.97. The number of phenolic OH excluding ortho intramolecular Hbond substituents is 1. The highest BCUT2D eigenvalue weighted by molar-refractivity contribution is 7.21. The molecule has 4 aromatic rings. The van der Waals surface area contributed by atoms with Crippen molar-refractivity contribution in [2.24, 2.45) is 0 Å². The van der Waals surface area contributed by atoms with Crippen LogP contribution in [0.4, 0.5) is 8.78 Å². The molecule has 0 atom stereocenters. The van der Waals surface area contributed by atoms with E-state index in [-0.39, 0.29) is 33.5 Å². The minimum absolute atomic E-state index is 0.00839. The second-order valence-corrected chi connectivity index (χ2v) is 8.69. The second kappa shape index (κ2) is 9.07. The number of benzene rings is 3. The summed E-state index contributed by atoms with van der Waals surface area (Å²) in [6.45, 7) is 3.28. The molecule has 0 amide bonds. The van der Waals surface area contributed by atoms with Crippen LogP contribution >= 0.6 is 11.3 Å². The van der Waals surface area contributed by atoms with Crippen LogP contribution in [0.25, 0.3) is 16.2 Å². The molecular formula is C26H18F2O5S. The first-order valence-electron chi connectivity index (χ1n) is 10.1. The van der Waals surface area contributed by atoms with Crippen LogP contribution in [-0.4, -0.2) is 22.0 Å². The molecule has 3 aromatic carbocycles. The monoisotopic (exact) mass is 480 g/mol. The number of aromatic hydroxyl groups is 1. The van der Waals surface area contributed by atoms with E-state index in [9.17, 15) is 23.5 Å². The van der Waals surface area contributed by atoms with Crippen molar-refractivity contribution in [3.63, 3.8) is 0 Å². The molecule has 0 aliphatic rings. The Balaban J connectivity index is 1.82. The number of carbonyl (C=O) groups is 2. The Morgan fingerprint density at radius 1 is 1.00 bits per heavy atom. The number of aryl methyl sites for hydroxylation is 2. The van der Waals surface area contributed by atoms with Gasteiger partial charge in [0, 0.05) is 33.4 Å². The number of hydrogen-bond donors (Lipinski definition) is 2. The molecule has 0 bridgehead atoms. The van der Waals surface area contributed by atoms with Crippen molar-refractivity contribution in [3.8, 4) is 17.2 Å². The quantitative estimate of drug-likeness (QED) is 0.239. The molecule has 4 rings (SSSR count). The van der Waals surface area contributed by atoms with Gasteiger partial charge in [0.15, 0.2) is 5.75 Å². The Morgan fingerprint density at radius 2 is 1.71 bits per heavy atom. The predicted octanol–water partition coefficient (Wildman–Crippen LogP) is 6.62. The van der Waals surface area contributed by atoms with Gasteiger partial charge < -0.3 is 14.9 Å². The van der Waals surface area contributed by atoms with Crippen LogP contribution in [-0.2, 0) is 4.79 Å². The predicted molar refractivity (Wildman–Crippen MR) is 126 cm³/mol. The van der Waals surface area contributed by atoms with E-state index in [1.165, 1.54) is 36.4 Å². The van der Waals surface area contributed by atoms with Crippen LogP contribution in [0.15, 0.2) is 54.6 Å². The first-order valence-corrected chi connectivity index (χ1v) is 10.9. The van der Waals surface area contributed by atoms with Crippen LogP contribution in [0.1, 0.15) is 31.9 Å². The summed E-state index contributed by atoms with van der Waals surface area (Å²) >= 11 is 1.10. The van der Waals surface area contributed by atoms with Crippen molar-refractivity contribution in [2.75, 3.05) is 0 Å². The van der Waals surface area contributed by atoms with Gasteiger partial charge in [-0.05, 0) is 73.5 Å². The van der Waals surface area contributed by atoms with Crippen LogP contribution in [0.5, 0.6) is 17.2 Å². The summed E-state index contributed by atoms with van der Waals surface area (Å²) in [5, 5.41) is 19.2. The molecule has 0 fully saturated rings. The van der Waals surface area contributed by atoms with E-state index in [1.807, 2.05) is 0 Å². The van der Waals surface area contributed by atoms with E-state index in [4.69, 9.17) is 9.84 Å². The third-order valence-corrected chi connectivity index (χ3v) is 6.29. The van der Waals surface area contributed by atoms with Gasteiger partial charge in [0.2, 0.25) is 5.78 Å². The third kappa shape index (κ3) is 4.53. The SMILES string of the molecule is Cc1cc(F)cc(C)c1C(=O)c1sc2cc(O)ccc2c1Oc1ccc(/C=C/C(=O)O)c(F)c1. The Labute approximate surface area is 197 Å². The Bertz CT molecular complexity index is 1460. The molecule has 172 valence electrons. The largest absolute Gasteiger partial charge is 0.508 e. The van der Waals surface area contributed by atoms with Crippen LogP contribution in [0.2, 0.25) is 0 Å². The molecule has 0 spiro atoms. The molecule has 5 nitrogen and oxygen atoms in total. The number of aliphatic carboxylic acids is 1. The number of carboxylic acids is 1. The average Bonchev–Trinajstić information content (AvgIpc) is 3.09. The summed E-state index contributed by atoms with van der Waals surface area (Å²) in [5.74, 6) is -2.45. The average molecular weight is 480 g/mol.